The molecule has 1 aromatic carbocycles. The van der Waals surface area contributed by atoms with Crippen molar-refractivity contribution in [3.63, 3.8) is 0 Å². The van der Waals surface area contributed by atoms with E-state index in [1.165, 1.54) is 9.54 Å². The van der Waals surface area contributed by atoms with Crippen LogP contribution in [-0.4, -0.2) is 12.4 Å². The number of hydrogen-bond donors (Lipinski definition) is 0. The van der Waals surface area contributed by atoms with Crippen LogP contribution in [0.4, 0.5) is 0 Å². The third kappa shape index (κ3) is 2.18. The van der Waals surface area contributed by atoms with Gasteiger partial charge in [0, 0.05) is 11.9 Å². The first-order chi connectivity index (χ1) is 9.48. The maximum atomic E-state index is 12.7. The first-order valence-corrected chi connectivity index (χ1v) is 8.44. The molecular formula is C16H19NO2S. The second-order valence-electron chi connectivity index (χ2n) is 5.75. The number of fused-ring (bicyclic) bond motifs is 1. The van der Waals surface area contributed by atoms with Crippen molar-refractivity contribution in [3.05, 3.63) is 53.3 Å². The van der Waals surface area contributed by atoms with Gasteiger partial charge in [0.2, 0.25) is 0 Å². The minimum Gasteiger partial charge on any atom is -0.246 e. The SMILES string of the molecule is Cc1ccc(S(=O)(=O)n2ccc3c2CC(C)CC3)cc1. The average Bonchev–Trinajstić information content (AvgIpc) is 2.82. The van der Waals surface area contributed by atoms with Gasteiger partial charge in [0.25, 0.3) is 10.0 Å². The molecule has 1 aliphatic rings. The number of rotatable bonds is 2. The molecule has 1 unspecified atom stereocenters. The molecule has 0 radical (unpaired) electrons. The molecule has 0 aliphatic heterocycles. The van der Waals surface area contributed by atoms with Crippen molar-refractivity contribution in [3.8, 4) is 0 Å². The summed E-state index contributed by atoms with van der Waals surface area (Å²) in [6.07, 6.45) is 4.67. The number of hydrogen-bond acceptors (Lipinski definition) is 2. The van der Waals surface area contributed by atoms with Crippen LogP contribution in [0.2, 0.25) is 0 Å². The molecule has 1 aromatic heterocycles. The van der Waals surface area contributed by atoms with Gasteiger partial charge in [0.1, 0.15) is 0 Å². The van der Waals surface area contributed by atoms with Gasteiger partial charge in [0.05, 0.1) is 4.90 Å². The zero-order chi connectivity index (χ0) is 14.3. The zero-order valence-corrected chi connectivity index (χ0v) is 12.7. The van der Waals surface area contributed by atoms with Crippen LogP contribution >= 0.6 is 0 Å². The van der Waals surface area contributed by atoms with Crippen LogP contribution < -0.4 is 0 Å². The highest BCUT2D eigenvalue weighted by atomic mass is 32.2. The van der Waals surface area contributed by atoms with E-state index in [2.05, 4.69) is 6.92 Å². The van der Waals surface area contributed by atoms with E-state index in [0.29, 0.717) is 10.8 Å². The number of aryl methyl sites for hydroxylation is 2. The van der Waals surface area contributed by atoms with E-state index in [1.807, 2.05) is 25.1 Å². The Labute approximate surface area is 120 Å². The molecule has 20 heavy (non-hydrogen) atoms. The molecule has 4 heteroatoms. The Morgan fingerprint density at radius 1 is 1.15 bits per heavy atom. The summed E-state index contributed by atoms with van der Waals surface area (Å²) in [7, 11) is -3.46. The third-order valence-electron chi connectivity index (χ3n) is 4.07. The van der Waals surface area contributed by atoms with Gasteiger partial charge in [-0.1, -0.05) is 24.6 Å². The van der Waals surface area contributed by atoms with Crippen molar-refractivity contribution < 1.29 is 8.42 Å². The fraction of sp³-hybridized carbons (Fsp3) is 0.375. The third-order valence-corrected chi connectivity index (χ3v) is 5.80. The van der Waals surface area contributed by atoms with E-state index in [0.717, 1.165) is 30.5 Å². The predicted molar refractivity (Wildman–Crippen MR) is 79.4 cm³/mol. The standard InChI is InChI=1S/C16H19NO2S/c1-12-4-7-15(8-5-12)20(18,19)17-10-9-14-6-3-13(2)11-16(14)17/h4-5,7-10,13H,3,6,11H2,1-2H3. The maximum absolute atomic E-state index is 12.7. The van der Waals surface area contributed by atoms with Gasteiger partial charge in [-0.05, 0) is 55.9 Å². The van der Waals surface area contributed by atoms with Crippen LogP contribution in [0.5, 0.6) is 0 Å². The molecule has 2 aromatic rings. The smallest absolute Gasteiger partial charge is 0.246 e. The Morgan fingerprint density at radius 2 is 1.85 bits per heavy atom. The van der Waals surface area contributed by atoms with Crippen LogP contribution in [0, 0.1) is 12.8 Å². The fourth-order valence-electron chi connectivity index (χ4n) is 2.82. The summed E-state index contributed by atoms with van der Waals surface area (Å²) in [6.45, 7) is 4.13. The van der Waals surface area contributed by atoms with E-state index < -0.39 is 10.0 Å². The quantitative estimate of drug-likeness (QED) is 0.852. The second kappa shape index (κ2) is 4.77. The minimum absolute atomic E-state index is 0.361. The first-order valence-electron chi connectivity index (χ1n) is 7.00. The Bertz CT molecular complexity index is 726. The summed E-state index contributed by atoms with van der Waals surface area (Å²) in [6, 6.07) is 9.00. The van der Waals surface area contributed by atoms with Gasteiger partial charge in [-0.15, -0.1) is 0 Å². The molecule has 1 heterocycles. The van der Waals surface area contributed by atoms with Crippen molar-refractivity contribution in [2.24, 2.45) is 5.92 Å². The lowest BCUT2D eigenvalue weighted by Crippen LogP contribution is -2.20. The summed E-state index contributed by atoms with van der Waals surface area (Å²) in [4.78, 5) is 0.361. The lowest BCUT2D eigenvalue weighted by atomic mass is 9.90. The number of aromatic nitrogens is 1. The summed E-state index contributed by atoms with van der Waals surface area (Å²) < 4.78 is 27.0. The highest BCUT2D eigenvalue weighted by Gasteiger charge is 2.25. The van der Waals surface area contributed by atoms with Crippen LogP contribution in [0.3, 0.4) is 0 Å². The van der Waals surface area contributed by atoms with Crippen molar-refractivity contribution in [1.29, 1.82) is 0 Å². The monoisotopic (exact) mass is 289 g/mol. The van der Waals surface area contributed by atoms with Crippen LogP contribution in [0.1, 0.15) is 30.2 Å². The molecule has 3 nitrogen and oxygen atoms in total. The molecule has 0 saturated carbocycles. The molecule has 0 spiro atoms. The summed E-state index contributed by atoms with van der Waals surface area (Å²) in [5, 5.41) is 0. The van der Waals surface area contributed by atoms with E-state index in [9.17, 15) is 8.42 Å². The summed E-state index contributed by atoms with van der Waals surface area (Å²) in [5.41, 5.74) is 3.20. The highest BCUT2D eigenvalue weighted by molar-refractivity contribution is 7.90. The Balaban J connectivity index is 2.09. The molecule has 106 valence electrons. The van der Waals surface area contributed by atoms with Crippen molar-refractivity contribution in [2.75, 3.05) is 0 Å². The minimum atomic E-state index is -3.46. The van der Waals surface area contributed by atoms with Gasteiger partial charge in [-0.3, -0.25) is 0 Å². The van der Waals surface area contributed by atoms with Crippen LogP contribution in [0.25, 0.3) is 0 Å². The maximum Gasteiger partial charge on any atom is 0.267 e. The molecule has 0 fully saturated rings. The van der Waals surface area contributed by atoms with Gasteiger partial charge in [-0.2, -0.15) is 0 Å². The normalized spacial score (nSPS) is 18.8. The van der Waals surface area contributed by atoms with Crippen molar-refractivity contribution in [1.82, 2.24) is 3.97 Å². The van der Waals surface area contributed by atoms with Crippen LogP contribution in [-0.2, 0) is 22.9 Å². The van der Waals surface area contributed by atoms with E-state index >= 15 is 0 Å². The molecule has 1 atom stereocenters. The summed E-state index contributed by atoms with van der Waals surface area (Å²) in [5.74, 6) is 0.546. The lowest BCUT2D eigenvalue weighted by molar-refractivity contribution is 0.490. The predicted octanol–water partition coefficient (Wildman–Crippen LogP) is 3.16. The molecule has 0 amide bonds. The molecule has 0 bridgehead atoms. The van der Waals surface area contributed by atoms with E-state index in [4.69, 9.17) is 0 Å². The second-order valence-corrected chi connectivity index (χ2v) is 7.56. The number of benzene rings is 1. The molecular weight excluding hydrogens is 270 g/mol. The van der Waals surface area contributed by atoms with E-state index in [-0.39, 0.29) is 0 Å². The fourth-order valence-corrected chi connectivity index (χ4v) is 4.23. The number of nitrogens with zero attached hydrogens (tertiary/aromatic N) is 1. The summed E-state index contributed by atoms with van der Waals surface area (Å²) >= 11 is 0. The van der Waals surface area contributed by atoms with E-state index in [1.54, 1.807) is 18.3 Å². The molecule has 3 rings (SSSR count). The Hall–Kier alpha value is -1.55. The first kappa shape index (κ1) is 13.4. The van der Waals surface area contributed by atoms with Crippen LogP contribution in [0.15, 0.2) is 41.4 Å². The molecule has 0 N–H and O–H groups in total. The Kier molecular flexibility index (Phi) is 3.21. The van der Waals surface area contributed by atoms with Crippen molar-refractivity contribution in [2.45, 2.75) is 38.0 Å². The zero-order valence-electron chi connectivity index (χ0n) is 11.8. The van der Waals surface area contributed by atoms with Gasteiger partial charge in [0.15, 0.2) is 0 Å². The lowest BCUT2D eigenvalue weighted by Gasteiger charge is -2.21. The topological polar surface area (TPSA) is 39.1 Å². The van der Waals surface area contributed by atoms with Gasteiger partial charge < -0.3 is 0 Å². The highest BCUT2D eigenvalue weighted by Crippen LogP contribution is 2.28. The average molecular weight is 289 g/mol. The Morgan fingerprint density at radius 3 is 2.55 bits per heavy atom. The van der Waals surface area contributed by atoms with Crippen molar-refractivity contribution >= 4 is 10.0 Å². The molecule has 1 aliphatic carbocycles. The van der Waals surface area contributed by atoms with Gasteiger partial charge in [-0.25, -0.2) is 12.4 Å². The largest absolute Gasteiger partial charge is 0.267 e. The molecule has 0 saturated heterocycles. The van der Waals surface area contributed by atoms with Gasteiger partial charge >= 0.3 is 0 Å².